The second kappa shape index (κ2) is 10.3. The molecule has 0 radical (unpaired) electrons. The third kappa shape index (κ3) is 5.77. The van der Waals surface area contributed by atoms with E-state index in [1.54, 1.807) is 0 Å². The Morgan fingerprint density at radius 2 is 0.968 bits per heavy atom. The molecule has 168 valence electrons. The fourth-order valence-electron chi connectivity index (χ4n) is 5.88. The smallest absolute Gasteiger partial charge is 0.117 e. The largest absolute Gasteiger partial charge is 0.369 e. The van der Waals surface area contributed by atoms with Gasteiger partial charge in [0.2, 0.25) is 0 Å². The minimum Gasteiger partial charge on any atom is -0.369 e. The van der Waals surface area contributed by atoms with Gasteiger partial charge in [-0.25, -0.2) is 0 Å². The van der Waals surface area contributed by atoms with Gasteiger partial charge in [-0.05, 0) is 11.1 Å². The van der Waals surface area contributed by atoms with Gasteiger partial charge in [0, 0.05) is 38.5 Å². The van der Waals surface area contributed by atoms with Crippen LogP contribution in [-0.2, 0) is 17.6 Å². The maximum atomic E-state index is 6.63. The second-order valence-corrected chi connectivity index (χ2v) is 10.5. The molecule has 3 heteroatoms. The van der Waals surface area contributed by atoms with E-state index in [9.17, 15) is 0 Å². The van der Waals surface area contributed by atoms with Crippen LogP contribution in [0.15, 0.2) is 60.7 Å². The van der Waals surface area contributed by atoms with E-state index in [-0.39, 0.29) is 0 Å². The number of ether oxygens (including phenoxy) is 1. The molecule has 2 aromatic carbocycles. The summed E-state index contributed by atoms with van der Waals surface area (Å²) in [6.45, 7) is 6.92. The van der Waals surface area contributed by atoms with Crippen molar-refractivity contribution in [1.82, 2.24) is 0 Å². The van der Waals surface area contributed by atoms with E-state index in [1.165, 1.54) is 72.0 Å². The molecule has 2 atom stereocenters. The van der Waals surface area contributed by atoms with Gasteiger partial charge >= 0.3 is 0 Å². The zero-order chi connectivity index (χ0) is 21.6. The van der Waals surface area contributed by atoms with Gasteiger partial charge in [-0.15, -0.1) is 0 Å². The van der Waals surface area contributed by atoms with Crippen LogP contribution in [0.25, 0.3) is 0 Å². The highest BCUT2D eigenvalue weighted by Crippen LogP contribution is 2.26. The molecule has 31 heavy (non-hydrogen) atoms. The molecule has 2 heterocycles. The van der Waals surface area contributed by atoms with Crippen LogP contribution in [0.5, 0.6) is 0 Å². The first-order chi connectivity index (χ1) is 15.1. The van der Waals surface area contributed by atoms with Gasteiger partial charge in [-0.3, -0.25) is 0 Å². The highest BCUT2D eigenvalue weighted by molar-refractivity contribution is 5.16. The molecule has 0 aromatic heterocycles. The predicted molar refractivity (Wildman–Crippen MR) is 129 cm³/mol. The van der Waals surface area contributed by atoms with Crippen molar-refractivity contribution in [2.24, 2.45) is 0 Å². The molecular formula is C28H42N2O+2. The average Bonchev–Trinajstić information content (AvgIpc) is 3.44. The summed E-state index contributed by atoms with van der Waals surface area (Å²) in [5.74, 6) is 0. The Morgan fingerprint density at radius 3 is 1.32 bits per heavy atom. The molecule has 2 aromatic rings. The molecule has 0 aliphatic carbocycles. The van der Waals surface area contributed by atoms with Crippen molar-refractivity contribution in [3.8, 4) is 0 Å². The summed E-state index contributed by atoms with van der Waals surface area (Å²) in [6, 6.07) is 23.2. The molecule has 2 fully saturated rings. The number of likely N-dealkylation sites (N-methyl/N-ethyl adjacent to an activating group) is 2. The lowest BCUT2D eigenvalue weighted by Gasteiger charge is -2.40. The Hall–Kier alpha value is -1.68. The molecule has 2 aliphatic rings. The van der Waals surface area contributed by atoms with Crippen LogP contribution < -0.4 is 0 Å². The van der Waals surface area contributed by atoms with Gasteiger partial charge in [0.05, 0.1) is 53.5 Å². The van der Waals surface area contributed by atoms with Gasteiger partial charge in [-0.1, -0.05) is 60.7 Å². The molecule has 0 spiro atoms. The summed E-state index contributed by atoms with van der Waals surface area (Å²) in [4.78, 5) is 0. The van der Waals surface area contributed by atoms with Crippen LogP contribution in [0.1, 0.15) is 36.8 Å². The summed E-state index contributed by atoms with van der Waals surface area (Å²) in [5, 5.41) is 0. The van der Waals surface area contributed by atoms with E-state index in [0.29, 0.717) is 12.1 Å². The van der Waals surface area contributed by atoms with Crippen molar-refractivity contribution in [3.05, 3.63) is 71.8 Å². The highest BCUT2D eigenvalue weighted by atomic mass is 16.5. The zero-order valence-electron chi connectivity index (χ0n) is 19.7. The molecule has 3 nitrogen and oxygen atoms in total. The number of likely N-dealkylation sites (tertiary alicyclic amines) is 2. The van der Waals surface area contributed by atoms with E-state index in [1.807, 2.05) is 0 Å². The average molecular weight is 423 g/mol. The van der Waals surface area contributed by atoms with Crippen molar-refractivity contribution in [3.63, 3.8) is 0 Å². The van der Waals surface area contributed by atoms with Crippen molar-refractivity contribution >= 4 is 0 Å². The Kier molecular flexibility index (Phi) is 7.47. The third-order valence-corrected chi connectivity index (χ3v) is 8.19. The number of benzene rings is 2. The van der Waals surface area contributed by atoms with Gasteiger partial charge in [0.15, 0.2) is 0 Å². The van der Waals surface area contributed by atoms with Crippen molar-refractivity contribution < 1.29 is 13.7 Å². The van der Waals surface area contributed by atoms with Crippen LogP contribution in [0.4, 0.5) is 0 Å². The summed E-state index contributed by atoms with van der Waals surface area (Å²) < 4.78 is 8.97. The van der Waals surface area contributed by atoms with Gasteiger partial charge < -0.3 is 13.7 Å². The van der Waals surface area contributed by atoms with E-state index in [4.69, 9.17) is 4.74 Å². The maximum absolute atomic E-state index is 6.63. The van der Waals surface area contributed by atoms with Crippen molar-refractivity contribution in [2.75, 3.05) is 53.5 Å². The van der Waals surface area contributed by atoms with Crippen LogP contribution in [0.2, 0.25) is 0 Å². The topological polar surface area (TPSA) is 9.23 Å². The number of rotatable bonds is 10. The van der Waals surface area contributed by atoms with Gasteiger partial charge in [0.25, 0.3) is 0 Å². The van der Waals surface area contributed by atoms with Crippen LogP contribution in [0, 0.1) is 0 Å². The fraction of sp³-hybridized carbons (Fsp3) is 0.571. The summed E-state index contributed by atoms with van der Waals surface area (Å²) >= 11 is 0. The normalized spacial score (nSPS) is 21.7. The molecule has 0 N–H and O–H groups in total. The lowest BCUT2D eigenvalue weighted by molar-refractivity contribution is -0.926. The van der Waals surface area contributed by atoms with Crippen molar-refractivity contribution in [2.45, 2.75) is 50.6 Å². The number of nitrogens with zero attached hydrogens (tertiary/aromatic N) is 2. The van der Waals surface area contributed by atoms with E-state index in [0.717, 1.165) is 26.1 Å². The van der Waals surface area contributed by atoms with E-state index >= 15 is 0 Å². The minimum absolute atomic E-state index is 0.547. The zero-order valence-corrected chi connectivity index (χ0v) is 19.7. The quantitative estimate of drug-likeness (QED) is 0.504. The number of hydrogen-bond acceptors (Lipinski definition) is 1. The Balaban J connectivity index is 1.43. The Labute approximate surface area is 189 Å². The second-order valence-electron chi connectivity index (χ2n) is 10.5. The maximum Gasteiger partial charge on any atom is 0.117 e. The van der Waals surface area contributed by atoms with Crippen LogP contribution in [-0.4, -0.2) is 74.5 Å². The van der Waals surface area contributed by atoms with E-state index in [2.05, 4.69) is 74.8 Å². The first-order valence-electron chi connectivity index (χ1n) is 12.4. The molecule has 2 saturated heterocycles. The summed E-state index contributed by atoms with van der Waals surface area (Å²) in [6.07, 6.45) is 7.65. The Bertz CT molecular complexity index is 712. The molecule has 4 rings (SSSR count). The van der Waals surface area contributed by atoms with Crippen LogP contribution >= 0.6 is 0 Å². The first kappa shape index (κ1) is 22.5. The first-order valence-corrected chi connectivity index (χ1v) is 12.4. The number of hydrogen-bond donors (Lipinski definition) is 0. The number of quaternary nitrogens is 2. The standard InChI is InChI=1S/C28H42N2O/c1-29(17-9-10-18-29)27(21-25-13-5-3-6-14-25)23-31-24-28(30(2)19-11-12-20-30)22-26-15-7-4-8-16-26/h3-8,13-16,27-28H,9-12,17-24H2,1-2H3/q+2. The Morgan fingerprint density at radius 1 is 0.613 bits per heavy atom. The van der Waals surface area contributed by atoms with Gasteiger partial charge in [-0.2, -0.15) is 0 Å². The monoisotopic (exact) mass is 422 g/mol. The molecule has 0 bridgehead atoms. The molecule has 2 unspecified atom stereocenters. The SMILES string of the molecule is C[N+]1(C(COCC(Cc2ccccc2)[N+]2(C)CCCC2)Cc2ccccc2)CCCC1. The fourth-order valence-corrected chi connectivity index (χ4v) is 5.88. The molecule has 0 saturated carbocycles. The molecular weight excluding hydrogens is 380 g/mol. The molecule has 2 aliphatic heterocycles. The van der Waals surface area contributed by atoms with Gasteiger partial charge in [0.1, 0.15) is 12.1 Å². The van der Waals surface area contributed by atoms with E-state index < -0.39 is 0 Å². The summed E-state index contributed by atoms with van der Waals surface area (Å²) in [7, 11) is 4.92. The lowest BCUT2D eigenvalue weighted by Crippen LogP contribution is -2.55. The predicted octanol–water partition coefficient (Wildman–Crippen LogP) is 4.71. The van der Waals surface area contributed by atoms with Crippen LogP contribution in [0.3, 0.4) is 0 Å². The third-order valence-electron chi connectivity index (χ3n) is 8.19. The highest BCUT2D eigenvalue weighted by Gasteiger charge is 2.38. The van der Waals surface area contributed by atoms with Crippen molar-refractivity contribution in [1.29, 1.82) is 0 Å². The summed E-state index contributed by atoms with van der Waals surface area (Å²) in [5.41, 5.74) is 2.89. The minimum atomic E-state index is 0.547. The lowest BCUT2D eigenvalue weighted by atomic mass is 10.0. The molecule has 0 amide bonds.